The second-order valence-electron chi connectivity index (χ2n) is 4.21. The number of rotatable bonds is 3. The second kappa shape index (κ2) is 7.75. The van der Waals surface area contributed by atoms with E-state index in [9.17, 15) is 17.2 Å². The van der Waals surface area contributed by atoms with Crippen LogP contribution in [0.15, 0.2) is 36.7 Å². The van der Waals surface area contributed by atoms with Crippen LogP contribution in [0.5, 0.6) is 0 Å². The molecule has 0 radical (unpaired) electrons. The first-order chi connectivity index (χ1) is 9.80. The molecule has 0 spiro atoms. The van der Waals surface area contributed by atoms with E-state index in [1.807, 2.05) is 0 Å². The molecule has 2 aromatic heterocycles. The van der Waals surface area contributed by atoms with Gasteiger partial charge in [-0.15, -0.1) is 0 Å². The minimum atomic E-state index is -3.05. The highest BCUT2D eigenvalue weighted by Crippen LogP contribution is 2.03. The van der Waals surface area contributed by atoms with Crippen molar-refractivity contribution in [3.05, 3.63) is 59.7 Å². The van der Waals surface area contributed by atoms with Gasteiger partial charge in [-0.25, -0.2) is 18.4 Å². The van der Waals surface area contributed by atoms with Crippen LogP contribution in [-0.2, 0) is 22.2 Å². The van der Waals surface area contributed by atoms with Crippen LogP contribution in [0.3, 0.4) is 0 Å². The Balaban J connectivity index is 0.000000219. The molecule has 0 aliphatic rings. The molecule has 0 fully saturated rings. The van der Waals surface area contributed by atoms with Gasteiger partial charge in [-0.2, -0.15) is 8.78 Å². The molecule has 2 aromatic rings. The smallest absolute Gasteiger partial charge is 0.212 e. The first kappa shape index (κ1) is 17.1. The Labute approximate surface area is 121 Å². The highest BCUT2D eigenvalue weighted by atomic mass is 32.2. The monoisotopic (exact) mass is 316 g/mol. The van der Waals surface area contributed by atoms with Crippen molar-refractivity contribution in [2.24, 2.45) is 0 Å². The quantitative estimate of drug-likeness (QED) is 0.868. The maximum atomic E-state index is 12.3. The van der Waals surface area contributed by atoms with Crippen LogP contribution in [0, 0.1) is 11.9 Å². The Morgan fingerprint density at radius 2 is 1.48 bits per heavy atom. The molecule has 5 nitrogen and oxygen atoms in total. The summed E-state index contributed by atoms with van der Waals surface area (Å²) in [6, 6.07) is 5.25. The van der Waals surface area contributed by atoms with Crippen LogP contribution < -0.4 is 0 Å². The van der Waals surface area contributed by atoms with E-state index < -0.39 is 21.7 Å². The Morgan fingerprint density at radius 1 is 1.00 bits per heavy atom. The van der Waals surface area contributed by atoms with Crippen molar-refractivity contribution in [1.29, 1.82) is 0 Å². The highest BCUT2D eigenvalue weighted by molar-refractivity contribution is 7.89. The zero-order valence-electron chi connectivity index (χ0n) is 11.2. The number of halogens is 2. The molecule has 0 saturated heterocycles. The molecular formula is C13H14F2N2O3S. The minimum absolute atomic E-state index is 0.0900. The first-order valence-electron chi connectivity index (χ1n) is 5.79. The molecular weight excluding hydrogens is 302 g/mol. The first-order valence-corrected chi connectivity index (χ1v) is 7.85. The van der Waals surface area contributed by atoms with Crippen LogP contribution in [0.1, 0.15) is 11.1 Å². The number of aromatic nitrogens is 2. The topological polar surface area (TPSA) is 80.2 Å². The van der Waals surface area contributed by atoms with Gasteiger partial charge in [0, 0.05) is 18.6 Å². The predicted molar refractivity (Wildman–Crippen MR) is 72.9 cm³/mol. The Bertz CT molecular complexity index is 659. The molecule has 2 rings (SSSR count). The molecule has 0 bridgehead atoms. The van der Waals surface area contributed by atoms with Crippen molar-refractivity contribution < 1.29 is 22.3 Å². The third-order valence-corrected chi connectivity index (χ3v) is 3.05. The lowest BCUT2D eigenvalue weighted by Gasteiger charge is -1.96. The standard InChI is InChI=1S/C7H8FNO2S.C6H6FNO/c1-12(10,11)5-6-2-3-7(8)9-4-6;7-6-2-1-5(4-9)3-8-6/h2-4H,5H2,1H3;1-3,9H,4H2. The van der Waals surface area contributed by atoms with E-state index >= 15 is 0 Å². The van der Waals surface area contributed by atoms with Crippen LogP contribution >= 0.6 is 0 Å². The normalized spacial score (nSPS) is 10.7. The average Bonchev–Trinajstić information content (AvgIpc) is 2.42. The number of nitrogens with zero attached hydrogens (tertiary/aromatic N) is 2. The predicted octanol–water partition coefficient (Wildman–Crippen LogP) is 1.48. The zero-order valence-corrected chi connectivity index (χ0v) is 12.0. The summed E-state index contributed by atoms with van der Waals surface area (Å²) < 4.78 is 45.8. The Hall–Kier alpha value is -1.93. The van der Waals surface area contributed by atoms with E-state index in [0.29, 0.717) is 11.1 Å². The molecule has 2 heterocycles. The van der Waals surface area contributed by atoms with Gasteiger partial charge in [-0.3, -0.25) is 0 Å². The van der Waals surface area contributed by atoms with Crippen LogP contribution in [0.25, 0.3) is 0 Å². The van der Waals surface area contributed by atoms with E-state index in [2.05, 4.69) is 9.97 Å². The third-order valence-electron chi connectivity index (χ3n) is 2.19. The van der Waals surface area contributed by atoms with Crippen molar-refractivity contribution in [3.8, 4) is 0 Å². The fraction of sp³-hybridized carbons (Fsp3) is 0.231. The number of hydrogen-bond donors (Lipinski definition) is 1. The van der Waals surface area contributed by atoms with Gasteiger partial charge in [0.15, 0.2) is 9.84 Å². The summed E-state index contributed by atoms with van der Waals surface area (Å²) in [5.41, 5.74) is 1.12. The zero-order chi connectivity index (χ0) is 15.9. The lowest BCUT2D eigenvalue weighted by atomic mass is 10.3. The Morgan fingerprint density at radius 3 is 1.81 bits per heavy atom. The average molecular weight is 316 g/mol. The van der Waals surface area contributed by atoms with Gasteiger partial charge in [0.2, 0.25) is 11.9 Å². The SMILES string of the molecule is CS(=O)(=O)Cc1ccc(F)nc1.OCc1ccc(F)nc1. The molecule has 0 amide bonds. The summed E-state index contributed by atoms with van der Waals surface area (Å²) in [5.74, 6) is -1.22. The molecule has 21 heavy (non-hydrogen) atoms. The minimum Gasteiger partial charge on any atom is -0.392 e. The molecule has 0 saturated carbocycles. The van der Waals surface area contributed by atoms with E-state index in [4.69, 9.17) is 5.11 Å². The van der Waals surface area contributed by atoms with Crippen molar-refractivity contribution in [3.63, 3.8) is 0 Å². The van der Waals surface area contributed by atoms with Gasteiger partial charge >= 0.3 is 0 Å². The number of pyridine rings is 2. The molecule has 0 aliphatic heterocycles. The number of aliphatic hydroxyl groups is 1. The third kappa shape index (κ3) is 7.42. The van der Waals surface area contributed by atoms with Crippen molar-refractivity contribution in [1.82, 2.24) is 9.97 Å². The van der Waals surface area contributed by atoms with E-state index in [-0.39, 0.29) is 12.4 Å². The van der Waals surface area contributed by atoms with Gasteiger partial charge in [-0.1, -0.05) is 12.1 Å². The largest absolute Gasteiger partial charge is 0.392 e. The van der Waals surface area contributed by atoms with Crippen LogP contribution in [0.4, 0.5) is 8.78 Å². The molecule has 1 N–H and O–H groups in total. The number of hydrogen-bond acceptors (Lipinski definition) is 5. The van der Waals surface area contributed by atoms with E-state index in [1.54, 1.807) is 0 Å². The summed E-state index contributed by atoms with van der Waals surface area (Å²) in [5, 5.41) is 8.47. The summed E-state index contributed by atoms with van der Waals surface area (Å²) in [7, 11) is -3.05. The summed E-state index contributed by atoms with van der Waals surface area (Å²) in [6.45, 7) is -0.0900. The van der Waals surface area contributed by atoms with Gasteiger partial charge in [0.25, 0.3) is 0 Å². The Kier molecular flexibility index (Phi) is 6.32. The molecule has 0 unspecified atom stereocenters. The van der Waals surface area contributed by atoms with Gasteiger partial charge < -0.3 is 5.11 Å². The van der Waals surface area contributed by atoms with Crippen LogP contribution in [0.2, 0.25) is 0 Å². The summed E-state index contributed by atoms with van der Waals surface area (Å²) >= 11 is 0. The lowest BCUT2D eigenvalue weighted by molar-refractivity contribution is 0.281. The molecule has 8 heteroatoms. The molecule has 0 aromatic carbocycles. The maximum absolute atomic E-state index is 12.3. The van der Waals surface area contributed by atoms with Gasteiger partial charge in [0.05, 0.1) is 12.4 Å². The van der Waals surface area contributed by atoms with Crippen LogP contribution in [-0.4, -0.2) is 29.7 Å². The van der Waals surface area contributed by atoms with Crippen molar-refractivity contribution in [2.45, 2.75) is 12.4 Å². The fourth-order valence-electron chi connectivity index (χ4n) is 1.29. The van der Waals surface area contributed by atoms with Gasteiger partial charge in [0.1, 0.15) is 0 Å². The highest BCUT2D eigenvalue weighted by Gasteiger charge is 2.04. The van der Waals surface area contributed by atoms with Crippen molar-refractivity contribution in [2.75, 3.05) is 6.26 Å². The summed E-state index contributed by atoms with van der Waals surface area (Å²) in [4.78, 5) is 6.66. The number of aliphatic hydroxyl groups excluding tert-OH is 1. The lowest BCUT2D eigenvalue weighted by Crippen LogP contribution is -2.01. The second-order valence-corrected chi connectivity index (χ2v) is 6.35. The maximum Gasteiger partial charge on any atom is 0.212 e. The molecule has 0 aliphatic carbocycles. The fourth-order valence-corrected chi connectivity index (χ4v) is 2.07. The van der Waals surface area contributed by atoms with Crippen molar-refractivity contribution >= 4 is 9.84 Å². The van der Waals surface area contributed by atoms with E-state index in [1.165, 1.54) is 30.6 Å². The van der Waals surface area contributed by atoms with Gasteiger partial charge in [-0.05, 0) is 23.3 Å². The number of sulfone groups is 1. The van der Waals surface area contributed by atoms with E-state index in [0.717, 1.165) is 12.3 Å². The summed E-state index contributed by atoms with van der Waals surface area (Å²) in [6.07, 6.45) is 3.64. The molecule has 114 valence electrons. The molecule has 0 atom stereocenters.